The molecule has 19 heteroatoms. The molecule has 2 aromatic heterocycles. The number of piperazine rings is 1. The number of pyridine rings is 1. The van der Waals surface area contributed by atoms with E-state index in [4.69, 9.17) is 26.1 Å². The van der Waals surface area contributed by atoms with Crippen molar-refractivity contribution in [2.45, 2.75) is 102 Å². The van der Waals surface area contributed by atoms with Crippen molar-refractivity contribution >= 4 is 75.2 Å². The predicted octanol–water partition coefficient (Wildman–Crippen LogP) is 4.41. The van der Waals surface area contributed by atoms with Gasteiger partial charge in [0.1, 0.15) is 11.1 Å². The maximum absolute atomic E-state index is 13.5. The first-order valence-corrected chi connectivity index (χ1v) is 23.1. The molecule has 6 heterocycles. The van der Waals surface area contributed by atoms with Crippen molar-refractivity contribution in [1.82, 2.24) is 35.0 Å². The number of benzene rings is 2. The summed E-state index contributed by atoms with van der Waals surface area (Å²) in [6, 6.07) is 11.9. The molecule has 18 nitrogen and oxygen atoms in total. The average Bonchev–Trinajstić information content (AvgIpc) is 3.51. The lowest BCUT2D eigenvalue weighted by molar-refractivity contribution is -0.136. The van der Waals surface area contributed by atoms with Crippen LogP contribution < -0.4 is 36.0 Å². The number of imide groups is 2. The van der Waals surface area contributed by atoms with Crippen LogP contribution in [0.15, 0.2) is 53.5 Å². The third-order valence-corrected chi connectivity index (χ3v) is 13.8. The number of fused-ring (bicyclic) bond motifs is 2. The number of halogens is 1. The number of piperidine rings is 2. The van der Waals surface area contributed by atoms with Crippen LogP contribution in [0.25, 0.3) is 10.9 Å². The number of nitrogens with one attached hydrogen (secondary N) is 3. The van der Waals surface area contributed by atoms with Gasteiger partial charge in [-0.1, -0.05) is 11.6 Å². The standard InChI is InChI=1S/C47H55ClN10O8/c1-26(2)57-36-9-6-28(18-27(36)19-38(45(57)64)65-24-40(60)49-5)51-41-35(48)23-50-46(53-41)54-14-12-31(13-15-54)66-32-20-30(21-32)55-16-17-56(47(3,4)25-55)29-7-8-33-34(22-29)44(63)58(43(33)62)37-10-11-39(59)52-42(37)61/h6-9,18-19,22-23,26,30-32,37H,10-17,20-21,24-25H2,1-5H3,(H,49,60)(H,50,51,53)(H,52,59,61). The molecule has 66 heavy (non-hydrogen) atoms. The molecule has 4 aromatic rings. The van der Waals surface area contributed by atoms with Crippen LogP contribution in [0.1, 0.15) is 93.0 Å². The number of nitrogens with zero attached hydrogens (tertiary/aromatic N) is 7. The fourth-order valence-corrected chi connectivity index (χ4v) is 10.1. The Morgan fingerprint density at radius 3 is 2.41 bits per heavy atom. The van der Waals surface area contributed by atoms with E-state index in [2.05, 4.69) is 49.5 Å². The minimum absolute atomic E-state index is 0.0779. The summed E-state index contributed by atoms with van der Waals surface area (Å²) < 4.78 is 13.9. The van der Waals surface area contributed by atoms with Crippen molar-refractivity contribution in [3.63, 3.8) is 0 Å². The molecule has 0 spiro atoms. The molecule has 1 atom stereocenters. The highest BCUT2D eigenvalue weighted by Gasteiger charge is 2.46. The largest absolute Gasteiger partial charge is 0.478 e. The van der Waals surface area contributed by atoms with Crippen LogP contribution >= 0.6 is 11.6 Å². The van der Waals surface area contributed by atoms with E-state index >= 15 is 0 Å². The lowest BCUT2D eigenvalue weighted by Crippen LogP contribution is -2.64. The minimum atomic E-state index is -0.996. The summed E-state index contributed by atoms with van der Waals surface area (Å²) in [5.74, 6) is -1.26. The van der Waals surface area contributed by atoms with E-state index in [1.54, 1.807) is 29.0 Å². The van der Waals surface area contributed by atoms with Crippen LogP contribution in [-0.2, 0) is 19.1 Å². The van der Waals surface area contributed by atoms with E-state index in [-0.39, 0.29) is 71.6 Å². The Hall–Kier alpha value is -6.11. The van der Waals surface area contributed by atoms with Gasteiger partial charge in [-0.3, -0.25) is 43.9 Å². The van der Waals surface area contributed by atoms with Crippen LogP contribution in [0.3, 0.4) is 0 Å². The van der Waals surface area contributed by atoms with Crippen LogP contribution in [0.4, 0.5) is 23.1 Å². The molecule has 1 aliphatic carbocycles. The molecule has 9 rings (SSSR count). The predicted molar refractivity (Wildman–Crippen MR) is 248 cm³/mol. The molecule has 3 saturated heterocycles. The molecule has 5 aliphatic rings. The van der Waals surface area contributed by atoms with Crippen molar-refractivity contribution in [3.8, 4) is 5.75 Å². The van der Waals surface area contributed by atoms with E-state index in [1.807, 2.05) is 38.1 Å². The number of hydrogen-bond acceptors (Lipinski definition) is 14. The fourth-order valence-electron chi connectivity index (χ4n) is 9.99. The van der Waals surface area contributed by atoms with E-state index < -0.39 is 29.7 Å². The summed E-state index contributed by atoms with van der Waals surface area (Å²) in [6.07, 6.45) is 5.74. The molecule has 1 unspecified atom stereocenters. The highest BCUT2D eigenvalue weighted by molar-refractivity contribution is 6.33. The van der Waals surface area contributed by atoms with Gasteiger partial charge < -0.3 is 34.5 Å². The Balaban J connectivity index is 0.765. The molecule has 348 valence electrons. The maximum atomic E-state index is 13.5. The summed E-state index contributed by atoms with van der Waals surface area (Å²) in [4.78, 5) is 93.5. The zero-order chi connectivity index (χ0) is 46.6. The zero-order valence-electron chi connectivity index (χ0n) is 37.8. The summed E-state index contributed by atoms with van der Waals surface area (Å²) >= 11 is 6.61. The number of carbonyl (C=O) groups excluding carboxylic acids is 5. The van der Waals surface area contributed by atoms with Crippen LogP contribution in [0, 0.1) is 0 Å². The summed E-state index contributed by atoms with van der Waals surface area (Å²) in [5.41, 5.74) is 2.28. The van der Waals surface area contributed by atoms with Gasteiger partial charge in [0.05, 0.1) is 35.0 Å². The van der Waals surface area contributed by atoms with Gasteiger partial charge in [-0.05, 0) is 102 Å². The molecule has 0 radical (unpaired) electrons. The SMILES string of the molecule is CNC(=O)COc1cc2cc(Nc3nc(N4CCC(OC5CC(N6CCN(c7ccc8c(c7)C(=O)N(C7CCC(=O)NC7=O)C8=O)C(C)(C)C6)C5)CC4)ncc3Cl)ccc2n(C(C)C)c1=O. The number of anilines is 4. The lowest BCUT2D eigenvalue weighted by Gasteiger charge is -2.53. The number of rotatable bonds is 12. The average molecular weight is 923 g/mol. The fraction of sp³-hybridized carbons (Fsp3) is 0.489. The van der Waals surface area contributed by atoms with Gasteiger partial charge >= 0.3 is 0 Å². The van der Waals surface area contributed by atoms with Crippen LogP contribution in [0.2, 0.25) is 5.02 Å². The second-order valence-corrected chi connectivity index (χ2v) is 19.1. The first-order chi connectivity index (χ1) is 31.6. The van der Waals surface area contributed by atoms with Crippen molar-refractivity contribution in [2.75, 3.05) is 61.5 Å². The second-order valence-electron chi connectivity index (χ2n) is 18.7. The molecular weight excluding hydrogens is 868 g/mol. The van der Waals surface area contributed by atoms with Crippen molar-refractivity contribution in [2.24, 2.45) is 0 Å². The summed E-state index contributed by atoms with van der Waals surface area (Å²) in [6.45, 7) is 11.8. The molecular formula is C47H55ClN10O8. The van der Waals surface area contributed by atoms with Crippen LogP contribution in [0.5, 0.6) is 5.75 Å². The number of carbonyl (C=O) groups is 5. The summed E-state index contributed by atoms with van der Waals surface area (Å²) in [5, 5.41) is 9.19. The number of likely N-dealkylation sites (N-methyl/N-ethyl adjacent to an activating group) is 1. The Morgan fingerprint density at radius 2 is 1.70 bits per heavy atom. The Kier molecular flexibility index (Phi) is 12.2. The van der Waals surface area contributed by atoms with Gasteiger partial charge in [0.25, 0.3) is 23.3 Å². The number of aromatic nitrogens is 3. The highest BCUT2D eigenvalue weighted by Crippen LogP contribution is 2.38. The molecule has 2 aromatic carbocycles. The Bertz CT molecular complexity index is 2680. The summed E-state index contributed by atoms with van der Waals surface area (Å²) in [7, 11) is 1.51. The molecule has 1 saturated carbocycles. The highest BCUT2D eigenvalue weighted by atomic mass is 35.5. The Labute approximate surface area is 386 Å². The van der Waals surface area contributed by atoms with Gasteiger partial charge in [0, 0.05) is 80.6 Å². The molecule has 3 N–H and O–H groups in total. The third kappa shape index (κ3) is 8.68. The topological polar surface area (TPSA) is 201 Å². The minimum Gasteiger partial charge on any atom is -0.478 e. The maximum Gasteiger partial charge on any atom is 0.293 e. The first-order valence-electron chi connectivity index (χ1n) is 22.7. The molecule has 5 amide bonds. The third-order valence-electron chi connectivity index (χ3n) is 13.5. The van der Waals surface area contributed by atoms with Crippen molar-refractivity contribution < 1.29 is 33.4 Å². The van der Waals surface area contributed by atoms with E-state index in [0.717, 1.165) is 79.9 Å². The molecule has 4 fully saturated rings. The second kappa shape index (κ2) is 17.9. The van der Waals surface area contributed by atoms with Gasteiger partial charge in [0.15, 0.2) is 18.2 Å². The number of hydrogen-bond donors (Lipinski definition) is 3. The van der Waals surface area contributed by atoms with Crippen molar-refractivity contribution in [1.29, 1.82) is 0 Å². The smallest absolute Gasteiger partial charge is 0.293 e. The molecule has 0 bridgehead atoms. The first kappa shape index (κ1) is 45.1. The van der Waals surface area contributed by atoms with Gasteiger partial charge in [-0.15, -0.1) is 0 Å². The Morgan fingerprint density at radius 1 is 0.939 bits per heavy atom. The van der Waals surface area contributed by atoms with Crippen molar-refractivity contribution in [3.05, 3.63) is 75.2 Å². The van der Waals surface area contributed by atoms with Gasteiger partial charge in [-0.2, -0.15) is 4.98 Å². The zero-order valence-corrected chi connectivity index (χ0v) is 38.5. The normalized spacial score (nSPS) is 22.4. The van der Waals surface area contributed by atoms with E-state index in [0.29, 0.717) is 28.5 Å². The van der Waals surface area contributed by atoms with Crippen LogP contribution in [-0.4, -0.2) is 130 Å². The molecule has 4 aliphatic heterocycles. The number of amides is 5. The monoisotopic (exact) mass is 922 g/mol. The van der Waals surface area contributed by atoms with Gasteiger partial charge in [0.2, 0.25) is 17.8 Å². The van der Waals surface area contributed by atoms with E-state index in [1.165, 1.54) is 7.05 Å². The lowest BCUT2D eigenvalue weighted by atomic mass is 9.85. The quantitative estimate of drug-likeness (QED) is 0.169. The van der Waals surface area contributed by atoms with Gasteiger partial charge in [-0.25, -0.2) is 4.98 Å². The van der Waals surface area contributed by atoms with E-state index in [9.17, 15) is 28.8 Å². The number of ether oxygens (including phenoxy) is 2.